The minimum atomic E-state index is -3.34. The zero-order valence-corrected chi connectivity index (χ0v) is 17.8. The van der Waals surface area contributed by atoms with E-state index in [4.69, 9.17) is 0 Å². The number of para-hydroxylation sites is 1. The number of nitrogens with one attached hydrogen (secondary N) is 2. The third-order valence-electron chi connectivity index (χ3n) is 5.54. The number of rotatable bonds is 7. The van der Waals surface area contributed by atoms with E-state index in [1.54, 1.807) is 24.3 Å². The Balaban J connectivity index is 1.57. The molecule has 2 aromatic carbocycles. The van der Waals surface area contributed by atoms with Crippen molar-refractivity contribution in [3.63, 3.8) is 0 Å². The Hall–Kier alpha value is -2.54. The van der Waals surface area contributed by atoms with E-state index in [9.17, 15) is 13.2 Å². The minimum absolute atomic E-state index is 0.0947. The Morgan fingerprint density at radius 3 is 2.48 bits per heavy atom. The molecule has 2 aromatic rings. The third kappa shape index (κ3) is 5.29. The molecule has 0 aliphatic heterocycles. The van der Waals surface area contributed by atoms with Gasteiger partial charge in [0.25, 0.3) is 0 Å². The molecule has 29 heavy (non-hydrogen) atoms. The number of hydrogen-bond acceptors (Lipinski definition) is 4. The second-order valence-electron chi connectivity index (χ2n) is 7.61. The highest BCUT2D eigenvalue weighted by Gasteiger charge is 2.30. The number of hydrogen-bond donors (Lipinski definition) is 2. The Labute approximate surface area is 173 Å². The molecule has 1 aliphatic carbocycles. The molecule has 1 atom stereocenters. The number of carbonyl (C=O) groups excluding carboxylic acids is 1. The largest absolute Gasteiger partial charge is 0.370 e. The molecule has 156 valence electrons. The first-order valence-electron chi connectivity index (χ1n) is 10.0. The van der Waals surface area contributed by atoms with Crippen LogP contribution in [0.1, 0.15) is 32.6 Å². The lowest BCUT2D eigenvalue weighted by atomic mass is 10.2. The van der Waals surface area contributed by atoms with E-state index >= 15 is 0 Å². The molecule has 1 aliphatic rings. The van der Waals surface area contributed by atoms with Gasteiger partial charge in [0.1, 0.15) is 0 Å². The topological polar surface area (TPSA) is 78.5 Å². The van der Waals surface area contributed by atoms with E-state index in [-0.39, 0.29) is 22.2 Å². The predicted molar refractivity (Wildman–Crippen MR) is 117 cm³/mol. The molecular weight excluding hydrogens is 386 g/mol. The van der Waals surface area contributed by atoms with E-state index in [0.717, 1.165) is 18.5 Å². The summed E-state index contributed by atoms with van der Waals surface area (Å²) in [4.78, 5) is 14.7. The van der Waals surface area contributed by atoms with Crippen LogP contribution in [0.3, 0.4) is 0 Å². The van der Waals surface area contributed by atoms with Crippen molar-refractivity contribution in [1.82, 2.24) is 5.32 Å². The highest BCUT2D eigenvalue weighted by Crippen LogP contribution is 2.30. The fourth-order valence-corrected chi connectivity index (χ4v) is 5.51. The first-order valence-corrected chi connectivity index (χ1v) is 11.6. The number of sulfone groups is 1. The second-order valence-corrected chi connectivity index (χ2v) is 9.84. The van der Waals surface area contributed by atoms with E-state index in [1.807, 2.05) is 44.3 Å². The SMILES string of the molecule is C[C@H](CNC(=O)Nc1cccc(S(=O)(=O)C2CCCC2)c1)N(C)c1ccccc1. The van der Waals surface area contributed by atoms with Crippen LogP contribution in [0.5, 0.6) is 0 Å². The molecule has 0 spiro atoms. The zero-order chi connectivity index (χ0) is 20.9. The molecule has 1 fully saturated rings. The van der Waals surface area contributed by atoms with Crippen molar-refractivity contribution in [2.45, 2.75) is 48.8 Å². The lowest BCUT2D eigenvalue weighted by Crippen LogP contribution is -2.41. The zero-order valence-electron chi connectivity index (χ0n) is 17.0. The summed E-state index contributed by atoms with van der Waals surface area (Å²) < 4.78 is 25.5. The summed E-state index contributed by atoms with van der Waals surface area (Å²) in [6.07, 6.45) is 3.35. The molecule has 3 rings (SSSR count). The van der Waals surface area contributed by atoms with Gasteiger partial charge in [-0.3, -0.25) is 0 Å². The van der Waals surface area contributed by atoms with Crippen molar-refractivity contribution < 1.29 is 13.2 Å². The van der Waals surface area contributed by atoms with E-state index in [1.165, 1.54) is 0 Å². The summed E-state index contributed by atoms with van der Waals surface area (Å²) in [7, 11) is -1.36. The molecule has 0 bridgehead atoms. The van der Waals surface area contributed by atoms with Gasteiger partial charge >= 0.3 is 6.03 Å². The van der Waals surface area contributed by atoms with Gasteiger partial charge in [-0.1, -0.05) is 37.1 Å². The highest BCUT2D eigenvalue weighted by atomic mass is 32.2. The van der Waals surface area contributed by atoms with Crippen LogP contribution in [0.15, 0.2) is 59.5 Å². The first kappa shape index (κ1) is 21.2. The van der Waals surface area contributed by atoms with Crippen molar-refractivity contribution in [3.05, 3.63) is 54.6 Å². The van der Waals surface area contributed by atoms with Crippen LogP contribution < -0.4 is 15.5 Å². The van der Waals surface area contributed by atoms with Gasteiger partial charge in [-0.05, 0) is 50.1 Å². The van der Waals surface area contributed by atoms with Gasteiger partial charge < -0.3 is 15.5 Å². The van der Waals surface area contributed by atoms with Gasteiger partial charge in [0.05, 0.1) is 10.1 Å². The standard InChI is InChI=1S/C22H29N3O3S/c1-17(25(2)19-10-4-3-5-11-19)16-23-22(26)24-18-9-8-14-21(15-18)29(27,28)20-12-6-7-13-20/h3-5,8-11,14-15,17,20H,6-7,12-13,16H2,1-2H3,(H2,23,24,26)/t17-/m1/s1. The van der Waals surface area contributed by atoms with Crippen LogP contribution in [-0.2, 0) is 9.84 Å². The molecule has 2 amide bonds. The van der Waals surface area contributed by atoms with Crippen LogP contribution >= 0.6 is 0 Å². The molecule has 6 nitrogen and oxygen atoms in total. The summed E-state index contributed by atoms with van der Waals surface area (Å²) in [5.41, 5.74) is 1.55. The molecule has 7 heteroatoms. The Morgan fingerprint density at radius 2 is 1.79 bits per heavy atom. The van der Waals surface area contributed by atoms with Gasteiger partial charge in [-0.15, -0.1) is 0 Å². The summed E-state index contributed by atoms with van der Waals surface area (Å²) >= 11 is 0. The first-order chi connectivity index (χ1) is 13.9. The lowest BCUT2D eigenvalue weighted by Gasteiger charge is -2.27. The van der Waals surface area contributed by atoms with Crippen LogP contribution in [0, 0.1) is 0 Å². The molecule has 0 aromatic heterocycles. The summed E-state index contributed by atoms with van der Waals surface area (Å²) in [5, 5.41) is 5.30. The number of urea groups is 1. The Bertz CT molecular complexity index is 925. The molecule has 0 radical (unpaired) electrons. The van der Waals surface area contributed by atoms with Crippen LogP contribution in [0.25, 0.3) is 0 Å². The molecule has 1 saturated carbocycles. The second kappa shape index (κ2) is 9.31. The fraction of sp³-hybridized carbons (Fsp3) is 0.409. The van der Waals surface area contributed by atoms with E-state index < -0.39 is 9.84 Å². The van der Waals surface area contributed by atoms with E-state index in [2.05, 4.69) is 15.5 Å². The van der Waals surface area contributed by atoms with Crippen molar-refractivity contribution in [3.8, 4) is 0 Å². The van der Waals surface area contributed by atoms with Gasteiger partial charge in [-0.25, -0.2) is 13.2 Å². The minimum Gasteiger partial charge on any atom is -0.370 e. The van der Waals surface area contributed by atoms with Crippen LogP contribution in [0.2, 0.25) is 0 Å². The predicted octanol–water partition coefficient (Wildman–Crippen LogP) is 4.05. The summed E-state index contributed by atoms with van der Waals surface area (Å²) in [6, 6.07) is 16.2. The van der Waals surface area contributed by atoms with Crippen molar-refractivity contribution in [2.75, 3.05) is 23.8 Å². The third-order valence-corrected chi connectivity index (χ3v) is 7.80. The highest BCUT2D eigenvalue weighted by molar-refractivity contribution is 7.92. The monoisotopic (exact) mass is 415 g/mol. The lowest BCUT2D eigenvalue weighted by molar-refractivity contribution is 0.251. The molecule has 2 N–H and O–H groups in total. The fourth-order valence-electron chi connectivity index (χ4n) is 3.61. The number of nitrogens with zero attached hydrogens (tertiary/aromatic N) is 1. The maximum Gasteiger partial charge on any atom is 0.319 e. The smallest absolute Gasteiger partial charge is 0.319 e. The normalized spacial score (nSPS) is 15.7. The van der Waals surface area contributed by atoms with Crippen LogP contribution in [-0.4, -0.2) is 39.3 Å². The molecular formula is C22H29N3O3S. The molecule has 0 heterocycles. The summed E-state index contributed by atoms with van der Waals surface area (Å²) in [6.45, 7) is 2.49. The number of amides is 2. The average Bonchev–Trinajstić information content (AvgIpc) is 3.28. The van der Waals surface area contributed by atoms with Crippen molar-refractivity contribution in [1.29, 1.82) is 0 Å². The Morgan fingerprint density at radius 1 is 1.10 bits per heavy atom. The Kier molecular flexibility index (Phi) is 6.79. The molecule has 0 unspecified atom stereocenters. The number of carbonyl (C=O) groups is 1. The van der Waals surface area contributed by atoms with Gasteiger partial charge in [0, 0.05) is 31.0 Å². The number of anilines is 2. The van der Waals surface area contributed by atoms with Gasteiger partial charge in [0.2, 0.25) is 0 Å². The van der Waals surface area contributed by atoms with Crippen molar-refractivity contribution in [2.24, 2.45) is 0 Å². The van der Waals surface area contributed by atoms with E-state index in [0.29, 0.717) is 25.1 Å². The number of likely N-dealkylation sites (N-methyl/N-ethyl adjacent to an activating group) is 1. The maximum absolute atomic E-state index is 12.8. The average molecular weight is 416 g/mol. The van der Waals surface area contributed by atoms with Crippen molar-refractivity contribution >= 4 is 27.2 Å². The quantitative estimate of drug-likeness (QED) is 0.715. The van der Waals surface area contributed by atoms with Gasteiger partial charge in [-0.2, -0.15) is 0 Å². The summed E-state index contributed by atoms with van der Waals surface area (Å²) in [5.74, 6) is 0. The van der Waals surface area contributed by atoms with Gasteiger partial charge in [0.15, 0.2) is 9.84 Å². The maximum atomic E-state index is 12.8. The number of benzene rings is 2. The molecule has 0 saturated heterocycles. The van der Waals surface area contributed by atoms with Crippen LogP contribution in [0.4, 0.5) is 16.2 Å².